The van der Waals surface area contributed by atoms with Gasteiger partial charge in [0.15, 0.2) is 0 Å². The molecule has 3 atom stereocenters. The molecule has 1 aliphatic rings. The molecule has 0 amide bonds. The van der Waals surface area contributed by atoms with Crippen molar-refractivity contribution in [3.8, 4) is 0 Å². The van der Waals surface area contributed by atoms with Gasteiger partial charge in [0.2, 0.25) is 0 Å². The molecule has 0 spiro atoms. The van der Waals surface area contributed by atoms with Crippen LogP contribution in [0.1, 0.15) is 102 Å². The molecule has 0 bridgehead atoms. The molecular formula is C24H39FN2O5. The second-order valence-electron chi connectivity index (χ2n) is 8.83. The number of aromatic amines is 1. The van der Waals surface area contributed by atoms with Crippen LogP contribution in [0.25, 0.3) is 0 Å². The largest absolute Gasteiger partial charge is 0.463 e. The zero-order valence-electron chi connectivity index (χ0n) is 19.6. The number of alkyl halides is 1. The predicted octanol–water partition coefficient (Wildman–Crippen LogP) is 4.71. The van der Waals surface area contributed by atoms with Gasteiger partial charge in [-0.1, -0.05) is 71.1 Å². The summed E-state index contributed by atoms with van der Waals surface area (Å²) < 4.78 is 26.3. The summed E-state index contributed by atoms with van der Waals surface area (Å²) in [5.74, 6) is -0.350. The fraction of sp³-hybridized carbons (Fsp3) is 0.792. The third-order valence-electron chi connectivity index (χ3n) is 6.01. The summed E-state index contributed by atoms with van der Waals surface area (Å²) in [6.45, 7) is 3.61. The van der Waals surface area contributed by atoms with E-state index in [-0.39, 0.29) is 19.0 Å². The SMILES string of the molecule is CCCCCCCCCCCCCC(=O)OCC1OC(n2cc(C)c(=O)[nH]c2=O)CC1F. The fourth-order valence-corrected chi connectivity index (χ4v) is 3.99. The molecule has 3 unspecified atom stereocenters. The number of H-pyrrole nitrogens is 1. The number of unbranched alkanes of at least 4 members (excludes halogenated alkanes) is 10. The molecule has 0 radical (unpaired) electrons. The maximum absolute atomic E-state index is 14.3. The van der Waals surface area contributed by atoms with E-state index >= 15 is 0 Å². The van der Waals surface area contributed by atoms with Crippen LogP contribution in [-0.4, -0.2) is 34.4 Å². The highest BCUT2D eigenvalue weighted by Crippen LogP contribution is 2.30. The Morgan fingerprint density at radius 1 is 1.09 bits per heavy atom. The molecule has 1 aromatic rings. The quantitative estimate of drug-likeness (QED) is 0.306. The van der Waals surface area contributed by atoms with Crippen molar-refractivity contribution in [3.63, 3.8) is 0 Å². The lowest BCUT2D eigenvalue weighted by atomic mass is 10.1. The van der Waals surface area contributed by atoms with Gasteiger partial charge in [0.05, 0.1) is 0 Å². The summed E-state index contributed by atoms with van der Waals surface area (Å²) in [4.78, 5) is 37.6. The number of aromatic nitrogens is 2. The monoisotopic (exact) mass is 454 g/mol. The summed E-state index contributed by atoms with van der Waals surface area (Å²) in [6.07, 6.45) is 11.8. The normalized spacial score (nSPS) is 20.5. The van der Waals surface area contributed by atoms with Crippen LogP contribution < -0.4 is 11.2 Å². The minimum Gasteiger partial charge on any atom is -0.463 e. The van der Waals surface area contributed by atoms with Gasteiger partial charge in [0.25, 0.3) is 5.56 Å². The number of aryl methyl sites for hydroxylation is 1. The first-order valence-electron chi connectivity index (χ1n) is 12.2. The molecular weight excluding hydrogens is 415 g/mol. The molecule has 2 rings (SSSR count). The van der Waals surface area contributed by atoms with Crippen molar-refractivity contribution in [1.29, 1.82) is 0 Å². The third kappa shape index (κ3) is 8.88. The molecule has 1 N–H and O–H groups in total. The number of esters is 1. The van der Waals surface area contributed by atoms with Crippen LogP contribution in [0, 0.1) is 6.92 Å². The lowest BCUT2D eigenvalue weighted by Gasteiger charge is -2.16. The van der Waals surface area contributed by atoms with E-state index < -0.39 is 29.8 Å². The van der Waals surface area contributed by atoms with E-state index in [9.17, 15) is 18.8 Å². The first kappa shape index (κ1) is 26.3. The highest BCUT2D eigenvalue weighted by Gasteiger charge is 2.37. The first-order valence-corrected chi connectivity index (χ1v) is 12.2. The van der Waals surface area contributed by atoms with Crippen LogP contribution >= 0.6 is 0 Å². The molecule has 1 fully saturated rings. The Kier molecular flexibility index (Phi) is 11.7. The number of nitrogens with one attached hydrogen (secondary N) is 1. The van der Waals surface area contributed by atoms with Gasteiger partial charge in [0, 0.05) is 24.6 Å². The van der Waals surface area contributed by atoms with E-state index in [1.807, 2.05) is 0 Å². The Balaban J connectivity index is 1.57. The van der Waals surface area contributed by atoms with E-state index in [2.05, 4.69) is 11.9 Å². The van der Waals surface area contributed by atoms with Gasteiger partial charge in [-0.2, -0.15) is 0 Å². The highest BCUT2D eigenvalue weighted by atomic mass is 19.1. The maximum Gasteiger partial charge on any atom is 0.330 e. The second-order valence-corrected chi connectivity index (χ2v) is 8.83. The van der Waals surface area contributed by atoms with Gasteiger partial charge >= 0.3 is 11.7 Å². The molecule has 0 aromatic carbocycles. The van der Waals surface area contributed by atoms with Crippen molar-refractivity contribution in [2.75, 3.05) is 6.61 Å². The molecule has 0 saturated carbocycles. The minimum atomic E-state index is -1.35. The fourth-order valence-electron chi connectivity index (χ4n) is 3.99. The van der Waals surface area contributed by atoms with Crippen LogP contribution in [-0.2, 0) is 14.3 Å². The summed E-state index contributed by atoms with van der Waals surface area (Å²) in [5.41, 5.74) is -0.786. The molecule has 32 heavy (non-hydrogen) atoms. The average molecular weight is 455 g/mol. The van der Waals surface area contributed by atoms with E-state index in [0.29, 0.717) is 12.0 Å². The van der Waals surface area contributed by atoms with Gasteiger partial charge in [-0.15, -0.1) is 0 Å². The molecule has 182 valence electrons. The van der Waals surface area contributed by atoms with Crippen molar-refractivity contribution in [2.24, 2.45) is 0 Å². The van der Waals surface area contributed by atoms with E-state index in [1.54, 1.807) is 6.92 Å². The molecule has 8 heteroatoms. The van der Waals surface area contributed by atoms with Gasteiger partial charge < -0.3 is 9.47 Å². The van der Waals surface area contributed by atoms with Crippen LogP contribution in [0.5, 0.6) is 0 Å². The Hall–Kier alpha value is -1.96. The standard InChI is InChI=1S/C24H39FN2O5/c1-3-4-5-6-7-8-9-10-11-12-13-14-22(28)31-17-20-19(25)15-21(32-20)27-16-18(2)23(29)26-24(27)30/h16,19-21H,3-15,17H2,1-2H3,(H,26,29,30). The van der Waals surface area contributed by atoms with Gasteiger partial charge in [-0.05, 0) is 13.3 Å². The number of carbonyl (C=O) groups excluding carboxylic acids is 1. The smallest absolute Gasteiger partial charge is 0.330 e. The number of hydrogen-bond acceptors (Lipinski definition) is 5. The van der Waals surface area contributed by atoms with E-state index in [0.717, 1.165) is 19.3 Å². The Labute approximate surface area is 189 Å². The Bertz CT molecular complexity index is 806. The lowest BCUT2D eigenvalue weighted by Crippen LogP contribution is -2.33. The maximum atomic E-state index is 14.3. The van der Waals surface area contributed by atoms with Crippen LogP contribution in [0.4, 0.5) is 4.39 Å². The van der Waals surface area contributed by atoms with Crippen molar-refractivity contribution in [2.45, 2.75) is 116 Å². The van der Waals surface area contributed by atoms with Crippen LogP contribution in [0.15, 0.2) is 15.8 Å². The number of nitrogens with zero attached hydrogens (tertiary/aromatic N) is 1. The zero-order valence-corrected chi connectivity index (χ0v) is 19.6. The highest BCUT2D eigenvalue weighted by molar-refractivity contribution is 5.69. The van der Waals surface area contributed by atoms with Crippen molar-refractivity contribution >= 4 is 5.97 Å². The Morgan fingerprint density at radius 3 is 2.31 bits per heavy atom. The summed E-state index contributed by atoms with van der Waals surface area (Å²) in [6, 6.07) is 0. The van der Waals surface area contributed by atoms with E-state index in [1.165, 1.54) is 62.1 Å². The number of ether oxygens (including phenoxy) is 2. The summed E-state index contributed by atoms with van der Waals surface area (Å²) in [7, 11) is 0. The topological polar surface area (TPSA) is 90.4 Å². The van der Waals surface area contributed by atoms with Crippen LogP contribution in [0.2, 0.25) is 0 Å². The molecule has 7 nitrogen and oxygen atoms in total. The Morgan fingerprint density at radius 2 is 1.69 bits per heavy atom. The van der Waals surface area contributed by atoms with E-state index in [4.69, 9.17) is 9.47 Å². The number of hydrogen-bond donors (Lipinski definition) is 1. The molecule has 1 aromatic heterocycles. The van der Waals surface area contributed by atoms with Crippen molar-refractivity contribution < 1.29 is 18.7 Å². The number of rotatable bonds is 15. The van der Waals surface area contributed by atoms with Gasteiger partial charge in [-0.3, -0.25) is 19.1 Å². The molecule has 0 aliphatic carbocycles. The summed E-state index contributed by atoms with van der Waals surface area (Å²) >= 11 is 0. The number of carbonyl (C=O) groups is 1. The second kappa shape index (κ2) is 14.2. The van der Waals surface area contributed by atoms with Crippen LogP contribution in [0.3, 0.4) is 0 Å². The lowest BCUT2D eigenvalue weighted by molar-refractivity contribution is -0.149. The van der Waals surface area contributed by atoms with Crippen molar-refractivity contribution in [1.82, 2.24) is 9.55 Å². The molecule has 1 saturated heterocycles. The van der Waals surface area contributed by atoms with Crippen molar-refractivity contribution in [3.05, 3.63) is 32.6 Å². The molecule has 2 heterocycles. The number of halogens is 1. The molecule has 1 aliphatic heterocycles. The average Bonchev–Trinajstić information content (AvgIpc) is 3.13. The zero-order chi connectivity index (χ0) is 23.3. The minimum absolute atomic E-state index is 0.0355. The third-order valence-corrected chi connectivity index (χ3v) is 6.01. The first-order chi connectivity index (χ1) is 15.4. The summed E-state index contributed by atoms with van der Waals surface area (Å²) in [5, 5.41) is 0. The predicted molar refractivity (Wildman–Crippen MR) is 122 cm³/mol. The van der Waals surface area contributed by atoms with Gasteiger partial charge in [-0.25, -0.2) is 9.18 Å². The van der Waals surface area contributed by atoms with Gasteiger partial charge in [0.1, 0.15) is 25.1 Å².